The normalized spacial score (nSPS) is 11.6. The van der Waals surface area contributed by atoms with Gasteiger partial charge in [-0.1, -0.05) is 164 Å². The first-order chi connectivity index (χ1) is 27.7. The molecule has 8 aromatic carbocycles. The van der Waals surface area contributed by atoms with E-state index in [4.69, 9.17) is 14.4 Å². The van der Waals surface area contributed by atoms with Gasteiger partial charge in [-0.3, -0.25) is 0 Å². The van der Waals surface area contributed by atoms with Gasteiger partial charge in [-0.25, -0.2) is 9.97 Å². The standard InChI is InChI=1S/C52H33N3O/c1-3-13-34(14-4-1)36-25-27-37(28-26-36)52-53-45(39-18-11-17-38(31-39)35-15-5-2-6-16-35)33-46(54-52)40-29-30-42-41-19-7-9-22-47(41)55(49(42)32-40)48-23-12-21-44-43-20-8-10-24-50(43)56-51(44)48/h1-33H. The van der Waals surface area contributed by atoms with Crippen LogP contribution in [0.1, 0.15) is 0 Å². The van der Waals surface area contributed by atoms with Gasteiger partial charge in [0.25, 0.3) is 0 Å². The van der Waals surface area contributed by atoms with E-state index in [-0.39, 0.29) is 0 Å². The zero-order chi connectivity index (χ0) is 37.0. The molecule has 262 valence electrons. The van der Waals surface area contributed by atoms with Crippen LogP contribution in [-0.2, 0) is 0 Å². The molecule has 11 rings (SSSR count). The van der Waals surface area contributed by atoms with Crippen molar-refractivity contribution in [1.29, 1.82) is 0 Å². The summed E-state index contributed by atoms with van der Waals surface area (Å²) in [5.74, 6) is 0.676. The Morgan fingerprint density at radius 1 is 0.339 bits per heavy atom. The Balaban J connectivity index is 1.11. The van der Waals surface area contributed by atoms with Crippen LogP contribution in [0.4, 0.5) is 0 Å². The molecular formula is C52H33N3O. The number of hydrogen-bond donors (Lipinski definition) is 0. The van der Waals surface area contributed by atoms with E-state index in [1.807, 2.05) is 24.3 Å². The molecular weight excluding hydrogens is 683 g/mol. The van der Waals surface area contributed by atoms with Crippen LogP contribution in [0.15, 0.2) is 205 Å². The van der Waals surface area contributed by atoms with E-state index in [2.05, 4.69) is 180 Å². The van der Waals surface area contributed by atoms with Crippen molar-refractivity contribution in [2.24, 2.45) is 0 Å². The molecule has 11 aromatic rings. The number of nitrogens with zero attached hydrogens (tertiary/aromatic N) is 3. The van der Waals surface area contributed by atoms with Gasteiger partial charge in [0.15, 0.2) is 11.4 Å². The van der Waals surface area contributed by atoms with Crippen molar-refractivity contribution in [2.45, 2.75) is 0 Å². The summed E-state index contributed by atoms with van der Waals surface area (Å²) in [6.07, 6.45) is 0. The highest BCUT2D eigenvalue weighted by atomic mass is 16.3. The van der Waals surface area contributed by atoms with Crippen LogP contribution in [0.5, 0.6) is 0 Å². The van der Waals surface area contributed by atoms with Gasteiger partial charge in [0, 0.05) is 38.2 Å². The molecule has 0 saturated carbocycles. The van der Waals surface area contributed by atoms with Crippen molar-refractivity contribution in [3.8, 4) is 61.8 Å². The van der Waals surface area contributed by atoms with Gasteiger partial charge in [-0.2, -0.15) is 0 Å². The van der Waals surface area contributed by atoms with Crippen molar-refractivity contribution < 1.29 is 4.42 Å². The second-order valence-corrected chi connectivity index (χ2v) is 14.2. The topological polar surface area (TPSA) is 43.9 Å². The maximum Gasteiger partial charge on any atom is 0.160 e. The van der Waals surface area contributed by atoms with Gasteiger partial charge in [-0.15, -0.1) is 0 Å². The molecule has 3 heterocycles. The SMILES string of the molecule is c1ccc(-c2ccc(-c3nc(-c4cccc(-c5ccccc5)c4)cc(-c4ccc5c6ccccc6n(-c6cccc7c6oc6ccccc67)c5c4)n3)cc2)cc1. The maximum absolute atomic E-state index is 6.59. The molecule has 4 heteroatoms. The molecule has 0 aliphatic carbocycles. The fraction of sp³-hybridized carbons (Fsp3) is 0. The molecule has 3 aromatic heterocycles. The first kappa shape index (κ1) is 31.9. The van der Waals surface area contributed by atoms with Gasteiger partial charge in [0.05, 0.1) is 28.1 Å². The number of hydrogen-bond acceptors (Lipinski definition) is 3. The molecule has 0 bridgehead atoms. The molecule has 0 spiro atoms. The molecule has 0 fully saturated rings. The highest BCUT2D eigenvalue weighted by Crippen LogP contribution is 2.40. The third-order valence-corrected chi connectivity index (χ3v) is 10.8. The minimum atomic E-state index is 0.676. The lowest BCUT2D eigenvalue weighted by molar-refractivity contribution is 0.666. The summed E-state index contributed by atoms with van der Waals surface area (Å²) in [5.41, 5.74) is 14.3. The predicted octanol–water partition coefficient (Wildman–Crippen LogP) is 13.8. The zero-order valence-corrected chi connectivity index (χ0v) is 30.3. The van der Waals surface area contributed by atoms with Crippen molar-refractivity contribution >= 4 is 43.7 Å². The fourth-order valence-electron chi connectivity index (χ4n) is 8.10. The Kier molecular flexibility index (Phi) is 7.46. The second-order valence-electron chi connectivity index (χ2n) is 14.2. The van der Waals surface area contributed by atoms with Gasteiger partial charge in [-0.05, 0) is 58.7 Å². The molecule has 4 nitrogen and oxygen atoms in total. The number of fused-ring (bicyclic) bond motifs is 6. The second kappa shape index (κ2) is 13.1. The van der Waals surface area contributed by atoms with Crippen molar-refractivity contribution in [2.75, 3.05) is 0 Å². The van der Waals surface area contributed by atoms with E-state index in [1.54, 1.807) is 0 Å². The van der Waals surface area contributed by atoms with E-state index in [0.717, 1.165) is 83.4 Å². The Morgan fingerprint density at radius 2 is 0.875 bits per heavy atom. The number of rotatable bonds is 6. The van der Waals surface area contributed by atoms with Crippen LogP contribution in [0.3, 0.4) is 0 Å². The van der Waals surface area contributed by atoms with E-state index < -0.39 is 0 Å². The van der Waals surface area contributed by atoms with Gasteiger partial charge in [0.1, 0.15) is 5.58 Å². The minimum absolute atomic E-state index is 0.676. The third-order valence-electron chi connectivity index (χ3n) is 10.8. The summed E-state index contributed by atoms with van der Waals surface area (Å²) in [7, 11) is 0. The molecule has 0 amide bonds. The fourth-order valence-corrected chi connectivity index (χ4v) is 8.10. The Bertz CT molecular complexity index is 3230. The Labute approximate surface area is 323 Å². The van der Waals surface area contributed by atoms with Crippen LogP contribution in [0.2, 0.25) is 0 Å². The minimum Gasteiger partial charge on any atom is -0.454 e. The van der Waals surface area contributed by atoms with Crippen molar-refractivity contribution in [3.63, 3.8) is 0 Å². The first-order valence-corrected chi connectivity index (χ1v) is 18.9. The molecule has 0 unspecified atom stereocenters. The molecule has 56 heavy (non-hydrogen) atoms. The molecule has 0 aliphatic heterocycles. The average molecular weight is 716 g/mol. The summed E-state index contributed by atoms with van der Waals surface area (Å²) in [6.45, 7) is 0. The number of benzene rings is 8. The van der Waals surface area contributed by atoms with E-state index in [9.17, 15) is 0 Å². The zero-order valence-electron chi connectivity index (χ0n) is 30.3. The van der Waals surface area contributed by atoms with Crippen LogP contribution in [-0.4, -0.2) is 14.5 Å². The average Bonchev–Trinajstić information content (AvgIpc) is 3.83. The lowest BCUT2D eigenvalue weighted by Gasteiger charge is -2.12. The molecule has 0 radical (unpaired) electrons. The third kappa shape index (κ3) is 5.39. The van der Waals surface area contributed by atoms with Crippen molar-refractivity contribution in [3.05, 3.63) is 200 Å². The van der Waals surface area contributed by atoms with E-state index in [0.29, 0.717) is 5.82 Å². The summed E-state index contributed by atoms with van der Waals surface area (Å²) >= 11 is 0. The van der Waals surface area contributed by atoms with Crippen LogP contribution in [0, 0.1) is 0 Å². The quantitative estimate of drug-likeness (QED) is 0.172. The van der Waals surface area contributed by atoms with Crippen LogP contribution < -0.4 is 0 Å². The molecule has 0 saturated heterocycles. The monoisotopic (exact) mass is 715 g/mol. The highest BCUT2D eigenvalue weighted by Gasteiger charge is 2.19. The van der Waals surface area contributed by atoms with Gasteiger partial charge < -0.3 is 8.98 Å². The maximum atomic E-state index is 6.59. The Hall–Kier alpha value is -7.56. The Morgan fingerprint density at radius 3 is 1.66 bits per heavy atom. The summed E-state index contributed by atoms with van der Waals surface area (Å²) in [4.78, 5) is 10.5. The molecule has 0 atom stereocenters. The number of aromatic nitrogens is 3. The molecule has 0 aliphatic rings. The van der Waals surface area contributed by atoms with Crippen LogP contribution >= 0.6 is 0 Å². The molecule has 0 N–H and O–H groups in total. The smallest absolute Gasteiger partial charge is 0.160 e. The number of furan rings is 1. The lowest BCUT2D eigenvalue weighted by Crippen LogP contribution is -1.97. The number of para-hydroxylation sites is 3. The van der Waals surface area contributed by atoms with Gasteiger partial charge >= 0.3 is 0 Å². The van der Waals surface area contributed by atoms with Crippen molar-refractivity contribution in [1.82, 2.24) is 14.5 Å². The first-order valence-electron chi connectivity index (χ1n) is 18.9. The summed E-state index contributed by atoms with van der Waals surface area (Å²) in [6, 6.07) is 70.2. The van der Waals surface area contributed by atoms with E-state index >= 15 is 0 Å². The largest absolute Gasteiger partial charge is 0.454 e. The van der Waals surface area contributed by atoms with Gasteiger partial charge in [0.2, 0.25) is 0 Å². The highest BCUT2D eigenvalue weighted by molar-refractivity contribution is 6.13. The lowest BCUT2D eigenvalue weighted by atomic mass is 10.00. The summed E-state index contributed by atoms with van der Waals surface area (Å²) in [5, 5.41) is 4.56. The summed E-state index contributed by atoms with van der Waals surface area (Å²) < 4.78 is 8.93. The predicted molar refractivity (Wildman–Crippen MR) is 231 cm³/mol. The van der Waals surface area contributed by atoms with Crippen LogP contribution in [0.25, 0.3) is 106 Å². The van der Waals surface area contributed by atoms with E-state index in [1.165, 1.54) is 16.3 Å².